The summed E-state index contributed by atoms with van der Waals surface area (Å²) in [4.78, 5) is 15.4. The Morgan fingerprint density at radius 1 is 1.10 bits per heavy atom. The van der Waals surface area contributed by atoms with Gasteiger partial charge in [-0.15, -0.1) is 0 Å². The Morgan fingerprint density at radius 3 is 2.90 bits per heavy atom. The fraction of sp³-hybridized carbons (Fsp3) is 0.0556. The quantitative estimate of drug-likeness (QED) is 0.648. The molecule has 0 bridgehead atoms. The van der Waals surface area contributed by atoms with Crippen molar-refractivity contribution in [2.75, 3.05) is 5.32 Å². The van der Waals surface area contributed by atoms with Crippen molar-refractivity contribution in [3.63, 3.8) is 0 Å². The van der Waals surface area contributed by atoms with E-state index in [1.165, 1.54) is 0 Å². The molecule has 0 fully saturated rings. The number of amides is 1. The fourth-order valence-electron chi connectivity index (χ4n) is 2.90. The van der Waals surface area contributed by atoms with Crippen molar-refractivity contribution < 1.29 is 4.79 Å². The van der Waals surface area contributed by atoms with Gasteiger partial charge in [0.15, 0.2) is 0 Å². The van der Waals surface area contributed by atoms with Crippen LogP contribution in [-0.4, -0.2) is 10.9 Å². The first-order valence-corrected chi connectivity index (χ1v) is 6.92. The smallest absolute Gasteiger partial charge is 0.256 e. The van der Waals surface area contributed by atoms with Crippen molar-refractivity contribution >= 4 is 34.1 Å². The van der Waals surface area contributed by atoms with Gasteiger partial charge in [-0.3, -0.25) is 4.79 Å². The van der Waals surface area contributed by atoms with Crippen molar-refractivity contribution in [2.24, 2.45) is 0 Å². The second-order valence-electron chi connectivity index (χ2n) is 5.33. The van der Waals surface area contributed by atoms with Crippen LogP contribution in [0.4, 0.5) is 5.69 Å². The molecule has 1 aliphatic heterocycles. The Kier molecular flexibility index (Phi) is 2.48. The highest BCUT2D eigenvalue weighted by Crippen LogP contribution is 2.35. The molecule has 1 aliphatic rings. The lowest BCUT2D eigenvalue weighted by atomic mass is 9.99. The van der Waals surface area contributed by atoms with E-state index in [4.69, 9.17) is 0 Å². The number of hydrogen-bond acceptors (Lipinski definition) is 1. The van der Waals surface area contributed by atoms with E-state index in [1.54, 1.807) is 0 Å². The minimum Gasteiger partial charge on any atom is -0.361 e. The van der Waals surface area contributed by atoms with Crippen LogP contribution < -0.4 is 5.32 Å². The summed E-state index contributed by atoms with van der Waals surface area (Å²) in [6.07, 6.45) is 3.88. The van der Waals surface area contributed by atoms with E-state index in [2.05, 4.69) is 16.4 Å². The number of carbonyl (C=O) groups is 1. The van der Waals surface area contributed by atoms with Crippen LogP contribution in [-0.2, 0) is 4.79 Å². The third kappa shape index (κ3) is 1.86. The zero-order chi connectivity index (χ0) is 14.4. The van der Waals surface area contributed by atoms with Gasteiger partial charge in [-0.25, -0.2) is 0 Å². The SMILES string of the molecule is Cc1cccc2c1C(=Cc1ccc3[nH]ccc3c1)C(=O)N2. The zero-order valence-electron chi connectivity index (χ0n) is 11.6. The molecule has 1 amide bonds. The number of hydrogen-bond donors (Lipinski definition) is 2. The van der Waals surface area contributed by atoms with Gasteiger partial charge in [0.1, 0.15) is 0 Å². The molecule has 3 nitrogen and oxygen atoms in total. The maximum atomic E-state index is 12.2. The predicted molar refractivity (Wildman–Crippen MR) is 86.0 cm³/mol. The van der Waals surface area contributed by atoms with Crippen LogP contribution in [0.5, 0.6) is 0 Å². The van der Waals surface area contributed by atoms with Gasteiger partial charge in [0, 0.05) is 28.5 Å². The first kappa shape index (κ1) is 12.0. The van der Waals surface area contributed by atoms with Gasteiger partial charge in [-0.1, -0.05) is 18.2 Å². The summed E-state index contributed by atoms with van der Waals surface area (Å²) in [5.74, 6) is -0.0338. The molecule has 21 heavy (non-hydrogen) atoms. The summed E-state index contributed by atoms with van der Waals surface area (Å²) >= 11 is 0. The summed E-state index contributed by atoms with van der Waals surface area (Å²) in [5.41, 5.74) is 5.89. The van der Waals surface area contributed by atoms with Crippen LogP contribution in [0.1, 0.15) is 16.7 Å². The second-order valence-corrected chi connectivity index (χ2v) is 5.33. The van der Waals surface area contributed by atoms with Gasteiger partial charge >= 0.3 is 0 Å². The molecular formula is C18H14N2O. The van der Waals surface area contributed by atoms with Crippen molar-refractivity contribution in [1.29, 1.82) is 0 Å². The predicted octanol–water partition coefficient (Wildman–Crippen LogP) is 3.97. The minimum absolute atomic E-state index is 0.0338. The molecular weight excluding hydrogens is 260 g/mol. The van der Waals surface area contributed by atoms with Crippen molar-refractivity contribution in [1.82, 2.24) is 4.98 Å². The van der Waals surface area contributed by atoms with Crippen LogP contribution in [0.15, 0.2) is 48.7 Å². The third-order valence-electron chi connectivity index (χ3n) is 3.92. The molecule has 4 rings (SSSR count). The maximum Gasteiger partial charge on any atom is 0.256 e. The summed E-state index contributed by atoms with van der Waals surface area (Å²) in [5, 5.41) is 4.07. The molecule has 0 radical (unpaired) electrons. The lowest BCUT2D eigenvalue weighted by molar-refractivity contribution is -0.110. The average Bonchev–Trinajstić information content (AvgIpc) is 3.04. The number of nitrogens with one attached hydrogen (secondary N) is 2. The van der Waals surface area contributed by atoms with Crippen molar-refractivity contribution in [3.8, 4) is 0 Å². The van der Waals surface area contributed by atoms with E-state index in [1.807, 2.05) is 55.6 Å². The van der Waals surface area contributed by atoms with Gasteiger partial charge in [-0.05, 0) is 53.8 Å². The Labute approximate surface area is 122 Å². The number of H-pyrrole nitrogens is 1. The van der Waals surface area contributed by atoms with Crippen molar-refractivity contribution in [2.45, 2.75) is 6.92 Å². The Balaban J connectivity index is 1.88. The van der Waals surface area contributed by atoms with Crippen molar-refractivity contribution in [3.05, 3.63) is 65.4 Å². The third-order valence-corrected chi connectivity index (χ3v) is 3.92. The lowest BCUT2D eigenvalue weighted by Crippen LogP contribution is -2.03. The number of rotatable bonds is 1. The number of aromatic nitrogens is 1. The van der Waals surface area contributed by atoms with E-state index < -0.39 is 0 Å². The van der Waals surface area contributed by atoms with Crippen LogP contribution in [0, 0.1) is 6.92 Å². The zero-order valence-corrected chi connectivity index (χ0v) is 11.6. The fourth-order valence-corrected chi connectivity index (χ4v) is 2.90. The Bertz CT molecular complexity index is 902. The molecule has 0 atom stereocenters. The normalized spacial score (nSPS) is 15.5. The number of fused-ring (bicyclic) bond motifs is 2. The average molecular weight is 274 g/mol. The van der Waals surface area contributed by atoms with Gasteiger partial charge in [0.2, 0.25) is 0 Å². The molecule has 0 saturated carbocycles. The van der Waals surface area contributed by atoms with Crippen LogP contribution in [0.25, 0.3) is 22.6 Å². The molecule has 0 spiro atoms. The van der Waals surface area contributed by atoms with E-state index in [9.17, 15) is 4.79 Å². The minimum atomic E-state index is -0.0338. The van der Waals surface area contributed by atoms with Crippen LogP contribution in [0.2, 0.25) is 0 Å². The number of carbonyl (C=O) groups excluding carboxylic acids is 1. The van der Waals surface area contributed by atoms with E-state index in [0.717, 1.165) is 38.9 Å². The standard InChI is InChI=1S/C18H14N2O/c1-11-3-2-4-16-17(11)14(18(21)20-16)10-12-5-6-15-13(9-12)7-8-19-15/h2-10,19H,1H3,(H,20,21). The summed E-state index contributed by atoms with van der Waals surface area (Å²) < 4.78 is 0. The largest absolute Gasteiger partial charge is 0.361 e. The molecule has 2 heterocycles. The maximum absolute atomic E-state index is 12.2. The molecule has 2 aromatic carbocycles. The summed E-state index contributed by atoms with van der Waals surface area (Å²) in [7, 11) is 0. The molecule has 0 saturated heterocycles. The molecule has 3 aromatic rings. The molecule has 0 aliphatic carbocycles. The van der Waals surface area contributed by atoms with Gasteiger partial charge in [0.25, 0.3) is 5.91 Å². The Hall–Kier alpha value is -2.81. The second kappa shape index (κ2) is 4.35. The lowest BCUT2D eigenvalue weighted by Gasteiger charge is -2.03. The molecule has 1 aromatic heterocycles. The highest BCUT2D eigenvalue weighted by atomic mass is 16.2. The van der Waals surface area contributed by atoms with E-state index in [0.29, 0.717) is 0 Å². The van der Waals surface area contributed by atoms with E-state index >= 15 is 0 Å². The summed E-state index contributed by atoms with van der Waals surface area (Å²) in [6, 6.07) is 14.1. The molecule has 2 N–H and O–H groups in total. The number of benzene rings is 2. The number of aryl methyl sites for hydroxylation is 1. The van der Waals surface area contributed by atoms with E-state index in [-0.39, 0.29) is 5.91 Å². The topological polar surface area (TPSA) is 44.9 Å². The van der Waals surface area contributed by atoms with Crippen LogP contribution >= 0.6 is 0 Å². The molecule has 102 valence electrons. The highest BCUT2D eigenvalue weighted by molar-refractivity contribution is 6.35. The number of anilines is 1. The van der Waals surface area contributed by atoms with Gasteiger partial charge < -0.3 is 10.3 Å². The molecule has 3 heteroatoms. The first-order chi connectivity index (χ1) is 10.2. The van der Waals surface area contributed by atoms with Gasteiger partial charge in [-0.2, -0.15) is 0 Å². The van der Waals surface area contributed by atoms with Gasteiger partial charge in [0.05, 0.1) is 0 Å². The van der Waals surface area contributed by atoms with Crippen LogP contribution in [0.3, 0.4) is 0 Å². The first-order valence-electron chi connectivity index (χ1n) is 6.92. The molecule has 0 unspecified atom stereocenters. The Morgan fingerprint density at radius 2 is 2.00 bits per heavy atom. The number of aromatic amines is 1. The monoisotopic (exact) mass is 274 g/mol. The summed E-state index contributed by atoms with van der Waals surface area (Å²) in [6.45, 7) is 2.03. The highest BCUT2D eigenvalue weighted by Gasteiger charge is 2.25.